The van der Waals surface area contributed by atoms with E-state index in [1.54, 1.807) is 0 Å². The number of rotatable bonds is 3. The van der Waals surface area contributed by atoms with E-state index < -0.39 is 11.9 Å². The molecular formula is C11H11ClFN3O. The van der Waals surface area contributed by atoms with E-state index in [1.165, 1.54) is 35.3 Å². The first-order valence-corrected chi connectivity index (χ1v) is 5.35. The summed E-state index contributed by atoms with van der Waals surface area (Å²) in [6, 6.07) is 3.59. The molecule has 90 valence electrons. The molecule has 6 heteroatoms. The topological polar surface area (TPSA) is 64.1 Å². The van der Waals surface area contributed by atoms with Gasteiger partial charge in [0, 0.05) is 5.02 Å². The number of hydrogen-bond acceptors (Lipinski definition) is 3. The molecule has 0 saturated carbocycles. The molecule has 3 N–H and O–H groups in total. The molecule has 1 atom stereocenters. The molecule has 2 aromatic rings. The van der Waals surface area contributed by atoms with Gasteiger partial charge >= 0.3 is 0 Å². The zero-order valence-electron chi connectivity index (χ0n) is 8.85. The average Bonchev–Trinajstić information content (AvgIpc) is 2.80. The van der Waals surface area contributed by atoms with Gasteiger partial charge < -0.3 is 10.8 Å². The van der Waals surface area contributed by atoms with Gasteiger partial charge in [-0.15, -0.1) is 0 Å². The van der Waals surface area contributed by atoms with Crippen molar-refractivity contribution < 1.29 is 9.50 Å². The Hall–Kier alpha value is -1.43. The summed E-state index contributed by atoms with van der Waals surface area (Å²) >= 11 is 5.82. The van der Waals surface area contributed by atoms with Crippen molar-refractivity contribution in [3.05, 3.63) is 47.3 Å². The zero-order chi connectivity index (χ0) is 12.4. The molecular weight excluding hydrogens is 245 g/mol. The molecule has 17 heavy (non-hydrogen) atoms. The van der Waals surface area contributed by atoms with E-state index in [2.05, 4.69) is 4.98 Å². The van der Waals surface area contributed by atoms with Gasteiger partial charge in [-0.05, 0) is 18.2 Å². The van der Waals surface area contributed by atoms with Crippen molar-refractivity contribution in [3.8, 4) is 5.69 Å². The van der Waals surface area contributed by atoms with E-state index in [1.807, 2.05) is 0 Å². The molecule has 4 nitrogen and oxygen atoms in total. The molecule has 0 spiro atoms. The third kappa shape index (κ3) is 2.31. The van der Waals surface area contributed by atoms with Crippen LogP contribution in [0.5, 0.6) is 0 Å². The fraction of sp³-hybridized carbons (Fsp3) is 0.182. The molecule has 0 aliphatic carbocycles. The molecule has 0 aliphatic heterocycles. The smallest absolute Gasteiger partial charge is 0.147 e. The summed E-state index contributed by atoms with van der Waals surface area (Å²) in [5, 5.41) is 9.43. The Balaban J connectivity index is 2.53. The van der Waals surface area contributed by atoms with Gasteiger partial charge in [0.1, 0.15) is 5.82 Å². The van der Waals surface area contributed by atoms with Crippen molar-refractivity contribution in [3.63, 3.8) is 0 Å². The summed E-state index contributed by atoms with van der Waals surface area (Å²) in [7, 11) is 0. The van der Waals surface area contributed by atoms with Crippen LogP contribution in [0.15, 0.2) is 30.7 Å². The van der Waals surface area contributed by atoms with Crippen LogP contribution in [0.25, 0.3) is 5.69 Å². The number of aliphatic hydroxyl groups excluding tert-OH is 1. The number of imidazole rings is 1. The lowest BCUT2D eigenvalue weighted by Crippen LogP contribution is -2.18. The van der Waals surface area contributed by atoms with Crippen LogP contribution in [0, 0.1) is 5.82 Å². The minimum absolute atomic E-state index is 0.242. The average molecular weight is 256 g/mol. The number of benzene rings is 1. The summed E-state index contributed by atoms with van der Waals surface area (Å²) < 4.78 is 15.1. The van der Waals surface area contributed by atoms with Crippen molar-refractivity contribution in [1.29, 1.82) is 0 Å². The number of nitrogens with two attached hydrogens (primary N) is 1. The normalized spacial score (nSPS) is 12.7. The van der Waals surface area contributed by atoms with E-state index in [9.17, 15) is 4.39 Å². The predicted molar refractivity (Wildman–Crippen MR) is 62.5 cm³/mol. The van der Waals surface area contributed by atoms with Crippen molar-refractivity contribution in [2.24, 2.45) is 5.73 Å². The maximum Gasteiger partial charge on any atom is 0.147 e. The van der Waals surface area contributed by atoms with Crippen molar-refractivity contribution in [2.75, 3.05) is 6.61 Å². The maximum atomic E-state index is 13.7. The molecule has 1 aromatic heterocycles. The first-order chi connectivity index (χ1) is 8.13. The third-order valence-electron chi connectivity index (χ3n) is 2.41. The van der Waals surface area contributed by atoms with Crippen LogP contribution in [0.3, 0.4) is 0 Å². The van der Waals surface area contributed by atoms with Crippen molar-refractivity contribution in [2.45, 2.75) is 6.04 Å². The second kappa shape index (κ2) is 4.83. The highest BCUT2D eigenvalue weighted by Gasteiger charge is 2.14. The van der Waals surface area contributed by atoms with Crippen LogP contribution in [0.2, 0.25) is 5.02 Å². The van der Waals surface area contributed by atoms with Gasteiger partial charge in [-0.3, -0.25) is 4.57 Å². The highest BCUT2D eigenvalue weighted by Crippen LogP contribution is 2.22. The minimum atomic E-state index is -0.615. The first kappa shape index (κ1) is 12.0. The van der Waals surface area contributed by atoms with Crippen molar-refractivity contribution in [1.82, 2.24) is 9.55 Å². The molecule has 0 aliphatic rings. The van der Waals surface area contributed by atoms with Crippen LogP contribution < -0.4 is 5.73 Å². The standard InChI is InChI=1S/C11H11ClFN3O/c12-7-1-2-8(13)10(3-7)16-6-15-4-11(16)9(14)5-17/h1-4,6,9,17H,5,14H2. The van der Waals surface area contributed by atoms with E-state index in [4.69, 9.17) is 22.4 Å². The molecule has 0 amide bonds. The fourth-order valence-electron chi connectivity index (χ4n) is 1.54. The lowest BCUT2D eigenvalue weighted by atomic mass is 10.2. The summed E-state index contributed by atoms with van der Waals surface area (Å²) in [5.41, 5.74) is 6.48. The molecule has 1 aromatic carbocycles. The van der Waals surface area contributed by atoms with Gasteiger partial charge in [0.25, 0.3) is 0 Å². The molecule has 0 bridgehead atoms. The molecule has 0 saturated heterocycles. The van der Waals surface area contributed by atoms with Gasteiger partial charge in [-0.1, -0.05) is 11.6 Å². The summed E-state index contributed by atoms with van der Waals surface area (Å²) in [6.45, 7) is -0.242. The fourth-order valence-corrected chi connectivity index (χ4v) is 1.71. The van der Waals surface area contributed by atoms with Gasteiger partial charge in [0.15, 0.2) is 0 Å². The van der Waals surface area contributed by atoms with E-state index in [0.717, 1.165) is 0 Å². The first-order valence-electron chi connectivity index (χ1n) is 4.97. The Kier molecular flexibility index (Phi) is 3.42. The van der Waals surface area contributed by atoms with E-state index in [0.29, 0.717) is 10.7 Å². The van der Waals surface area contributed by atoms with Crippen molar-refractivity contribution >= 4 is 11.6 Å². The Labute approximate surface area is 102 Å². The van der Waals surface area contributed by atoms with E-state index in [-0.39, 0.29) is 12.3 Å². The molecule has 1 unspecified atom stereocenters. The predicted octanol–water partition coefficient (Wildman–Crippen LogP) is 1.66. The highest BCUT2D eigenvalue weighted by molar-refractivity contribution is 6.30. The Morgan fingerprint density at radius 2 is 2.29 bits per heavy atom. The lowest BCUT2D eigenvalue weighted by molar-refractivity contribution is 0.265. The molecule has 2 rings (SSSR count). The Morgan fingerprint density at radius 1 is 1.53 bits per heavy atom. The Bertz CT molecular complexity index is 529. The van der Waals surface area contributed by atoms with E-state index >= 15 is 0 Å². The Morgan fingerprint density at radius 3 is 3.00 bits per heavy atom. The zero-order valence-corrected chi connectivity index (χ0v) is 9.60. The summed E-state index contributed by atoms with van der Waals surface area (Å²) in [6.07, 6.45) is 2.92. The van der Waals surface area contributed by atoms with Crippen LogP contribution >= 0.6 is 11.6 Å². The largest absolute Gasteiger partial charge is 0.394 e. The van der Waals surface area contributed by atoms with Gasteiger partial charge in [0.2, 0.25) is 0 Å². The molecule has 0 fully saturated rings. The number of nitrogens with zero attached hydrogens (tertiary/aromatic N) is 2. The number of hydrogen-bond donors (Lipinski definition) is 2. The quantitative estimate of drug-likeness (QED) is 0.877. The maximum absolute atomic E-state index is 13.7. The monoisotopic (exact) mass is 255 g/mol. The van der Waals surface area contributed by atoms with Crippen LogP contribution in [-0.2, 0) is 0 Å². The highest BCUT2D eigenvalue weighted by atomic mass is 35.5. The molecule has 0 radical (unpaired) electrons. The van der Waals surface area contributed by atoms with Gasteiger partial charge in [-0.2, -0.15) is 0 Å². The summed E-state index contributed by atoms with van der Waals surface area (Å²) in [4.78, 5) is 3.90. The van der Waals surface area contributed by atoms with Gasteiger partial charge in [-0.25, -0.2) is 9.37 Å². The molecule has 1 heterocycles. The van der Waals surface area contributed by atoms with Gasteiger partial charge in [0.05, 0.1) is 36.6 Å². The summed E-state index contributed by atoms with van der Waals surface area (Å²) in [5.74, 6) is -0.432. The number of halogens is 2. The second-order valence-corrected chi connectivity index (χ2v) is 4.01. The lowest BCUT2D eigenvalue weighted by Gasteiger charge is -2.13. The van der Waals surface area contributed by atoms with Crippen LogP contribution in [-0.4, -0.2) is 21.3 Å². The minimum Gasteiger partial charge on any atom is -0.394 e. The second-order valence-electron chi connectivity index (χ2n) is 3.57. The SMILES string of the molecule is NC(CO)c1cncn1-c1cc(Cl)ccc1F. The number of aromatic nitrogens is 2. The third-order valence-corrected chi connectivity index (χ3v) is 2.65. The van der Waals surface area contributed by atoms with Crippen LogP contribution in [0.4, 0.5) is 4.39 Å². The van der Waals surface area contributed by atoms with Crippen LogP contribution in [0.1, 0.15) is 11.7 Å². The number of aliphatic hydroxyl groups is 1.